The highest BCUT2D eigenvalue weighted by atomic mass is 16.5. The second kappa shape index (κ2) is 7.52. The van der Waals surface area contributed by atoms with Crippen LogP contribution in [-0.4, -0.2) is 23.6 Å². The van der Waals surface area contributed by atoms with Gasteiger partial charge in [0.1, 0.15) is 11.2 Å². The standard InChI is InChI=1S/C15H23N3O3/c1-4-10-21-12-8-6-11(7-9-12)17-14(19)15(3,5-2)13(16)18-20/h6-9,20H,4-5,10H2,1-3H3,(H2,16,18)(H,17,19). The molecule has 0 aliphatic heterocycles. The molecule has 0 radical (unpaired) electrons. The molecule has 0 spiro atoms. The van der Waals surface area contributed by atoms with E-state index in [2.05, 4.69) is 10.5 Å². The summed E-state index contributed by atoms with van der Waals surface area (Å²) in [5, 5.41) is 14.5. The first-order valence-corrected chi connectivity index (χ1v) is 7.00. The van der Waals surface area contributed by atoms with Crippen LogP contribution in [0.3, 0.4) is 0 Å². The molecule has 1 amide bonds. The van der Waals surface area contributed by atoms with Gasteiger partial charge in [-0.2, -0.15) is 0 Å². The molecule has 0 aliphatic carbocycles. The average Bonchev–Trinajstić information content (AvgIpc) is 2.52. The number of nitrogens with two attached hydrogens (primary N) is 1. The van der Waals surface area contributed by atoms with Crippen LogP contribution < -0.4 is 15.8 Å². The molecule has 1 atom stereocenters. The van der Waals surface area contributed by atoms with E-state index in [4.69, 9.17) is 15.7 Å². The largest absolute Gasteiger partial charge is 0.494 e. The molecule has 21 heavy (non-hydrogen) atoms. The molecule has 116 valence electrons. The average molecular weight is 293 g/mol. The maximum atomic E-state index is 12.3. The summed E-state index contributed by atoms with van der Waals surface area (Å²) in [5.41, 5.74) is 5.20. The van der Waals surface area contributed by atoms with Crippen molar-refractivity contribution in [2.75, 3.05) is 11.9 Å². The van der Waals surface area contributed by atoms with E-state index < -0.39 is 5.41 Å². The van der Waals surface area contributed by atoms with Crippen molar-refractivity contribution in [3.63, 3.8) is 0 Å². The lowest BCUT2D eigenvalue weighted by molar-refractivity contribution is -0.121. The Morgan fingerprint density at radius 3 is 2.48 bits per heavy atom. The molecule has 0 aromatic heterocycles. The Balaban J connectivity index is 2.78. The summed E-state index contributed by atoms with van der Waals surface area (Å²) in [6, 6.07) is 7.09. The predicted molar refractivity (Wildman–Crippen MR) is 82.7 cm³/mol. The first kappa shape index (κ1) is 16.8. The van der Waals surface area contributed by atoms with Crippen LogP contribution in [0.15, 0.2) is 29.4 Å². The number of ether oxygens (including phenoxy) is 1. The van der Waals surface area contributed by atoms with Crippen LogP contribution in [0.4, 0.5) is 5.69 Å². The van der Waals surface area contributed by atoms with Crippen molar-refractivity contribution in [3.8, 4) is 5.75 Å². The molecule has 0 fully saturated rings. The lowest BCUT2D eigenvalue weighted by Gasteiger charge is -2.25. The number of carbonyl (C=O) groups is 1. The summed E-state index contributed by atoms with van der Waals surface area (Å²) in [6.07, 6.45) is 1.36. The monoisotopic (exact) mass is 293 g/mol. The van der Waals surface area contributed by atoms with E-state index in [1.165, 1.54) is 0 Å². The molecular formula is C15H23N3O3. The predicted octanol–water partition coefficient (Wildman–Crippen LogP) is 2.58. The highest BCUT2D eigenvalue weighted by molar-refractivity contribution is 6.11. The number of nitrogens with one attached hydrogen (secondary N) is 1. The third-order valence-electron chi connectivity index (χ3n) is 3.47. The van der Waals surface area contributed by atoms with E-state index in [1.54, 1.807) is 38.1 Å². The van der Waals surface area contributed by atoms with Gasteiger partial charge >= 0.3 is 0 Å². The summed E-state index contributed by atoms with van der Waals surface area (Å²) in [6.45, 7) is 6.13. The molecule has 0 bridgehead atoms. The molecule has 1 aromatic carbocycles. The number of hydrogen-bond donors (Lipinski definition) is 3. The molecule has 1 unspecified atom stereocenters. The van der Waals surface area contributed by atoms with Crippen LogP contribution in [-0.2, 0) is 4.79 Å². The molecule has 0 saturated carbocycles. The Morgan fingerprint density at radius 1 is 1.38 bits per heavy atom. The second-order valence-electron chi connectivity index (χ2n) is 5.00. The number of carbonyl (C=O) groups excluding carboxylic acids is 1. The first-order valence-electron chi connectivity index (χ1n) is 7.00. The van der Waals surface area contributed by atoms with E-state index in [1.807, 2.05) is 6.92 Å². The summed E-state index contributed by atoms with van der Waals surface area (Å²) in [7, 11) is 0. The number of hydrogen-bond acceptors (Lipinski definition) is 4. The van der Waals surface area contributed by atoms with Gasteiger partial charge in [-0.3, -0.25) is 4.79 Å². The van der Waals surface area contributed by atoms with Crippen LogP contribution in [0.5, 0.6) is 5.75 Å². The topological polar surface area (TPSA) is 96.9 Å². The van der Waals surface area contributed by atoms with Crippen molar-refractivity contribution in [3.05, 3.63) is 24.3 Å². The van der Waals surface area contributed by atoms with E-state index in [0.717, 1.165) is 12.2 Å². The molecule has 4 N–H and O–H groups in total. The summed E-state index contributed by atoms with van der Waals surface area (Å²) < 4.78 is 5.47. The Bertz CT molecular complexity index is 499. The number of amidine groups is 1. The third kappa shape index (κ3) is 4.11. The highest BCUT2D eigenvalue weighted by Gasteiger charge is 2.36. The van der Waals surface area contributed by atoms with Crippen molar-refractivity contribution in [2.24, 2.45) is 16.3 Å². The SMILES string of the molecule is CCCOc1ccc(NC(=O)C(C)(CC)/C(N)=N/O)cc1. The van der Waals surface area contributed by atoms with Gasteiger partial charge in [0.25, 0.3) is 0 Å². The van der Waals surface area contributed by atoms with Crippen LogP contribution in [0.1, 0.15) is 33.6 Å². The number of rotatable bonds is 7. The third-order valence-corrected chi connectivity index (χ3v) is 3.47. The molecule has 6 nitrogen and oxygen atoms in total. The van der Waals surface area contributed by atoms with Gasteiger partial charge < -0.3 is 21.0 Å². The Labute approximate surface area is 125 Å². The van der Waals surface area contributed by atoms with Crippen LogP contribution >= 0.6 is 0 Å². The van der Waals surface area contributed by atoms with Gasteiger partial charge in [-0.05, 0) is 44.0 Å². The van der Waals surface area contributed by atoms with Crippen molar-refractivity contribution in [1.29, 1.82) is 0 Å². The van der Waals surface area contributed by atoms with Gasteiger partial charge in [0.05, 0.1) is 6.61 Å². The fourth-order valence-electron chi connectivity index (χ4n) is 1.69. The number of oxime groups is 1. The molecule has 1 aromatic rings. The van der Waals surface area contributed by atoms with Crippen molar-refractivity contribution in [2.45, 2.75) is 33.6 Å². The van der Waals surface area contributed by atoms with E-state index >= 15 is 0 Å². The van der Waals surface area contributed by atoms with Gasteiger partial charge in [0.15, 0.2) is 5.84 Å². The molecule has 0 saturated heterocycles. The number of benzene rings is 1. The molecule has 6 heteroatoms. The summed E-state index contributed by atoms with van der Waals surface area (Å²) in [4.78, 5) is 12.3. The van der Waals surface area contributed by atoms with Crippen LogP contribution in [0, 0.1) is 5.41 Å². The molecule has 1 rings (SSSR count). The quantitative estimate of drug-likeness (QED) is 0.311. The maximum absolute atomic E-state index is 12.3. The maximum Gasteiger partial charge on any atom is 0.238 e. The van der Waals surface area contributed by atoms with Crippen LogP contribution in [0.25, 0.3) is 0 Å². The van der Waals surface area contributed by atoms with Gasteiger partial charge in [-0.15, -0.1) is 0 Å². The number of nitrogens with zero attached hydrogens (tertiary/aromatic N) is 1. The minimum Gasteiger partial charge on any atom is -0.494 e. The molecule has 0 heterocycles. The fraction of sp³-hybridized carbons (Fsp3) is 0.467. The van der Waals surface area contributed by atoms with Crippen molar-refractivity contribution < 1.29 is 14.7 Å². The molecule has 0 aliphatic rings. The van der Waals surface area contributed by atoms with Gasteiger partial charge in [-0.25, -0.2) is 0 Å². The minimum absolute atomic E-state index is 0.106. The zero-order valence-electron chi connectivity index (χ0n) is 12.7. The van der Waals surface area contributed by atoms with E-state index in [0.29, 0.717) is 18.7 Å². The van der Waals surface area contributed by atoms with Crippen molar-refractivity contribution >= 4 is 17.4 Å². The summed E-state index contributed by atoms with van der Waals surface area (Å²) >= 11 is 0. The zero-order chi connectivity index (χ0) is 15.9. The molecular weight excluding hydrogens is 270 g/mol. The van der Waals surface area contributed by atoms with Crippen molar-refractivity contribution in [1.82, 2.24) is 0 Å². The Hall–Kier alpha value is -2.24. The minimum atomic E-state index is -1.05. The number of anilines is 1. The zero-order valence-corrected chi connectivity index (χ0v) is 12.7. The smallest absolute Gasteiger partial charge is 0.238 e. The van der Waals surface area contributed by atoms with E-state index in [9.17, 15) is 4.79 Å². The summed E-state index contributed by atoms with van der Waals surface area (Å²) in [5.74, 6) is 0.331. The number of amides is 1. The highest BCUT2D eigenvalue weighted by Crippen LogP contribution is 2.24. The lowest BCUT2D eigenvalue weighted by atomic mass is 9.85. The van der Waals surface area contributed by atoms with Gasteiger partial charge in [-0.1, -0.05) is 19.0 Å². The first-order chi connectivity index (χ1) is 9.97. The Kier molecular flexibility index (Phi) is 6.02. The van der Waals surface area contributed by atoms with Gasteiger partial charge in [0, 0.05) is 5.69 Å². The van der Waals surface area contributed by atoms with Crippen LogP contribution in [0.2, 0.25) is 0 Å². The van der Waals surface area contributed by atoms with E-state index in [-0.39, 0.29) is 11.7 Å². The fourth-order valence-corrected chi connectivity index (χ4v) is 1.69. The lowest BCUT2D eigenvalue weighted by Crippen LogP contribution is -2.44. The Morgan fingerprint density at radius 2 is 2.00 bits per heavy atom. The second-order valence-corrected chi connectivity index (χ2v) is 5.00. The normalized spacial score (nSPS) is 14.3. The van der Waals surface area contributed by atoms with Gasteiger partial charge in [0.2, 0.25) is 5.91 Å².